The van der Waals surface area contributed by atoms with Crippen LogP contribution in [0.4, 0.5) is 5.69 Å². The Morgan fingerprint density at radius 1 is 1.19 bits per heavy atom. The lowest BCUT2D eigenvalue weighted by Gasteiger charge is -2.11. The highest BCUT2D eigenvalue weighted by Crippen LogP contribution is 2.37. The molecule has 0 unspecified atom stereocenters. The van der Waals surface area contributed by atoms with Gasteiger partial charge in [-0.05, 0) is 55.0 Å². The van der Waals surface area contributed by atoms with Gasteiger partial charge in [-0.1, -0.05) is 29.3 Å². The van der Waals surface area contributed by atoms with Gasteiger partial charge in [-0.2, -0.15) is 0 Å². The smallest absolute Gasteiger partial charge is 0.269 e. The molecule has 8 heteroatoms. The highest BCUT2D eigenvalue weighted by atomic mass is 35.5. The molecule has 2 aromatic carbocycles. The molecule has 0 aliphatic heterocycles. The van der Waals surface area contributed by atoms with Crippen LogP contribution in [0.25, 0.3) is 10.1 Å². The molecule has 1 aromatic heterocycles. The van der Waals surface area contributed by atoms with E-state index < -0.39 is 0 Å². The summed E-state index contributed by atoms with van der Waals surface area (Å²) < 4.78 is 6.07. The van der Waals surface area contributed by atoms with Gasteiger partial charge in [0, 0.05) is 20.8 Å². The molecule has 4 nitrogen and oxygen atoms in total. The van der Waals surface area contributed by atoms with E-state index in [1.807, 2.05) is 25.1 Å². The Morgan fingerprint density at radius 2 is 1.96 bits per heavy atom. The predicted octanol–water partition coefficient (Wildman–Crippen LogP) is 5.65. The van der Waals surface area contributed by atoms with Crippen molar-refractivity contribution in [3.8, 4) is 5.75 Å². The molecule has 2 N–H and O–H groups in total. The first-order valence-electron chi connectivity index (χ1n) is 7.53. The molecule has 0 atom stereocenters. The minimum atomic E-state index is -0.368. The molecule has 134 valence electrons. The summed E-state index contributed by atoms with van der Waals surface area (Å²) in [6.07, 6.45) is 0. The van der Waals surface area contributed by atoms with Crippen molar-refractivity contribution in [3.05, 3.63) is 56.9 Å². The van der Waals surface area contributed by atoms with Gasteiger partial charge in [-0.3, -0.25) is 10.1 Å². The monoisotopic (exact) mass is 424 g/mol. The lowest BCUT2D eigenvalue weighted by atomic mass is 10.2. The number of rotatable bonds is 3. The summed E-state index contributed by atoms with van der Waals surface area (Å²) in [5, 5.41) is 7.58. The molecule has 0 aliphatic rings. The predicted molar refractivity (Wildman–Crippen MR) is 113 cm³/mol. The molecule has 0 fully saturated rings. The van der Waals surface area contributed by atoms with Crippen LogP contribution in [0.3, 0.4) is 0 Å². The van der Waals surface area contributed by atoms with E-state index in [-0.39, 0.29) is 11.0 Å². The lowest BCUT2D eigenvalue weighted by Crippen LogP contribution is -2.34. The highest BCUT2D eigenvalue weighted by Gasteiger charge is 2.18. The average molecular weight is 425 g/mol. The molecule has 0 saturated carbocycles. The summed E-state index contributed by atoms with van der Waals surface area (Å²) in [6.45, 7) is 1.92. The molecule has 3 rings (SSSR count). The summed E-state index contributed by atoms with van der Waals surface area (Å²) in [6, 6.07) is 10.9. The molecule has 0 saturated heterocycles. The van der Waals surface area contributed by atoms with E-state index in [2.05, 4.69) is 10.6 Å². The Bertz CT molecular complexity index is 1020. The first kappa shape index (κ1) is 18.9. The van der Waals surface area contributed by atoms with Crippen molar-refractivity contribution < 1.29 is 9.53 Å². The number of aryl methyl sites for hydroxylation is 1. The number of carbonyl (C=O) groups excluding carboxylic acids is 1. The van der Waals surface area contributed by atoms with Gasteiger partial charge in [0.05, 0.1) is 12.1 Å². The maximum absolute atomic E-state index is 12.6. The highest BCUT2D eigenvalue weighted by molar-refractivity contribution is 7.80. The summed E-state index contributed by atoms with van der Waals surface area (Å²) in [7, 11) is 1.59. The van der Waals surface area contributed by atoms with Crippen LogP contribution in [-0.4, -0.2) is 18.1 Å². The fourth-order valence-electron chi connectivity index (χ4n) is 2.36. The van der Waals surface area contributed by atoms with Gasteiger partial charge in [0.15, 0.2) is 5.11 Å². The number of anilines is 1. The topological polar surface area (TPSA) is 50.4 Å². The van der Waals surface area contributed by atoms with Crippen LogP contribution in [0.15, 0.2) is 36.4 Å². The van der Waals surface area contributed by atoms with Crippen LogP contribution < -0.4 is 15.4 Å². The third kappa shape index (κ3) is 3.94. The van der Waals surface area contributed by atoms with Crippen LogP contribution in [0.5, 0.6) is 5.75 Å². The zero-order valence-electron chi connectivity index (χ0n) is 13.9. The second kappa shape index (κ2) is 7.80. The van der Waals surface area contributed by atoms with Gasteiger partial charge < -0.3 is 10.1 Å². The Balaban J connectivity index is 1.79. The molecular weight excluding hydrogens is 411 g/mol. The molecular formula is C18H14Cl2N2O2S2. The largest absolute Gasteiger partial charge is 0.497 e. The molecule has 1 heterocycles. The first-order chi connectivity index (χ1) is 12.4. The number of benzene rings is 2. The standard InChI is InChI=1S/C18H14Cl2N2O2S2/c1-9-3-4-10(19)7-13(9)21-18(25)22-17(23)16-15(20)12-6-5-11(24-2)8-14(12)26-16/h3-8H,1-2H3,(H2,21,22,23,25). The van der Waals surface area contributed by atoms with Crippen molar-refractivity contribution in [2.24, 2.45) is 0 Å². The Hall–Kier alpha value is -1.86. The van der Waals surface area contributed by atoms with Gasteiger partial charge in [0.1, 0.15) is 10.6 Å². The second-order valence-electron chi connectivity index (χ2n) is 5.47. The summed E-state index contributed by atoms with van der Waals surface area (Å²) >= 11 is 18.9. The number of halogens is 2. The summed E-state index contributed by atoms with van der Waals surface area (Å²) in [5.74, 6) is 0.336. The van der Waals surface area contributed by atoms with Gasteiger partial charge in [0.2, 0.25) is 0 Å². The number of thiophene rings is 1. The fraction of sp³-hybridized carbons (Fsp3) is 0.111. The van der Waals surface area contributed by atoms with Crippen LogP contribution in [-0.2, 0) is 0 Å². The van der Waals surface area contributed by atoms with Crippen LogP contribution in [0.1, 0.15) is 15.2 Å². The van der Waals surface area contributed by atoms with Gasteiger partial charge >= 0.3 is 0 Å². The number of fused-ring (bicyclic) bond motifs is 1. The second-order valence-corrected chi connectivity index (χ2v) is 7.75. The number of ether oxygens (including phenoxy) is 1. The Morgan fingerprint density at radius 3 is 2.69 bits per heavy atom. The third-order valence-electron chi connectivity index (χ3n) is 3.72. The van der Waals surface area contributed by atoms with Crippen molar-refractivity contribution >= 4 is 73.5 Å². The van der Waals surface area contributed by atoms with Crippen LogP contribution in [0, 0.1) is 6.92 Å². The maximum atomic E-state index is 12.6. The maximum Gasteiger partial charge on any atom is 0.269 e. The van der Waals surface area contributed by atoms with Crippen molar-refractivity contribution in [2.45, 2.75) is 6.92 Å². The molecule has 0 spiro atoms. The number of methoxy groups -OCH3 is 1. The minimum Gasteiger partial charge on any atom is -0.497 e. The zero-order valence-corrected chi connectivity index (χ0v) is 17.0. The SMILES string of the molecule is COc1ccc2c(Cl)c(C(=O)NC(=S)Nc3cc(Cl)ccc3C)sc2c1. The number of carbonyl (C=O) groups is 1. The first-order valence-corrected chi connectivity index (χ1v) is 9.51. The summed E-state index contributed by atoms with van der Waals surface area (Å²) in [4.78, 5) is 13.0. The molecule has 26 heavy (non-hydrogen) atoms. The van der Waals surface area contributed by atoms with Gasteiger partial charge in [-0.15, -0.1) is 11.3 Å². The van der Waals surface area contributed by atoms with Crippen LogP contribution in [0.2, 0.25) is 10.0 Å². The number of nitrogens with one attached hydrogen (secondary N) is 2. The normalized spacial score (nSPS) is 10.6. The van der Waals surface area contributed by atoms with Crippen molar-refractivity contribution in [1.29, 1.82) is 0 Å². The van der Waals surface area contributed by atoms with E-state index in [1.54, 1.807) is 25.3 Å². The van der Waals surface area contributed by atoms with E-state index in [0.29, 0.717) is 20.7 Å². The number of thiocarbonyl (C=S) groups is 1. The van der Waals surface area contributed by atoms with E-state index in [9.17, 15) is 4.79 Å². The van der Waals surface area contributed by atoms with Crippen molar-refractivity contribution in [2.75, 3.05) is 12.4 Å². The molecule has 1 amide bonds. The van der Waals surface area contributed by atoms with Gasteiger partial charge in [0.25, 0.3) is 5.91 Å². The Kier molecular flexibility index (Phi) is 5.67. The molecule has 3 aromatic rings. The quantitative estimate of drug-likeness (QED) is 0.533. The molecule has 0 radical (unpaired) electrons. The van der Waals surface area contributed by atoms with E-state index in [4.69, 9.17) is 40.2 Å². The van der Waals surface area contributed by atoms with Crippen LogP contribution >= 0.6 is 46.8 Å². The third-order valence-corrected chi connectivity index (χ3v) is 5.81. The number of amides is 1. The van der Waals surface area contributed by atoms with Gasteiger partial charge in [-0.25, -0.2) is 0 Å². The fourth-order valence-corrected chi connectivity index (χ4v) is 4.18. The van der Waals surface area contributed by atoms with Crippen molar-refractivity contribution in [3.63, 3.8) is 0 Å². The van der Waals surface area contributed by atoms with E-state index in [1.165, 1.54) is 11.3 Å². The minimum absolute atomic E-state index is 0.173. The Labute approximate surface area is 170 Å². The zero-order chi connectivity index (χ0) is 18.8. The lowest BCUT2D eigenvalue weighted by molar-refractivity contribution is 0.0982. The van der Waals surface area contributed by atoms with E-state index in [0.717, 1.165) is 21.3 Å². The number of hydrogen-bond acceptors (Lipinski definition) is 4. The van der Waals surface area contributed by atoms with Crippen molar-refractivity contribution in [1.82, 2.24) is 5.32 Å². The summed E-state index contributed by atoms with van der Waals surface area (Å²) in [5.41, 5.74) is 1.69. The molecule has 0 aliphatic carbocycles. The number of hydrogen-bond donors (Lipinski definition) is 2. The molecule has 0 bridgehead atoms. The van der Waals surface area contributed by atoms with E-state index >= 15 is 0 Å². The average Bonchev–Trinajstić information content (AvgIpc) is 2.94.